The molecule has 0 radical (unpaired) electrons. The number of rotatable bonds is 5. The largest absolute Gasteiger partial charge is 0.483 e. The lowest BCUT2D eigenvalue weighted by Gasteiger charge is -2.35. The van der Waals surface area contributed by atoms with Crippen molar-refractivity contribution in [2.75, 3.05) is 31.1 Å². The van der Waals surface area contributed by atoms with Crippen LogP contribution in [0.5, 0.6) is 5.75 Å². The van der Waals surface area contributed by atoms with Crippen molar-refractivity contribution in [2.24, 2.45) is 0 Å². The van der Waals surface area contributed by atoms with Crippen molar-refractivity contribution in [1.29, 1.82) is 0 Å². The molecule has 0 atom stereocenters. The maximum atomic E-state index is 12.8. The van der Waals surface area contributed by atoms with E-state index in [1.54, 1.807) is 11.1 Å². The summed E-state index contributed by atoms with van der Waals surface area (Å²) < 4.78 is 5.58. The van der Waals surface area contributed by atoms with E-state index in [1.807, 2.05) is 48.5 Å². The highest BCUT2D eigenvalue weighted by atomic mass is 16.5. The first-order valence-corrected chi connectivity index (χ1v) is 9.55. The van der Waals surface area contributed by atoms with Crippen molar-refractivity contribution in [1.82, 2.24) is 14.9 Å². The predicted molar refractivity (Wildman–Crippen MR) is 110 cm³/mol. The molecule has 0 spiro atoms. The number of amides is 1. The van der Waals surface area contributed by atoms with Crippen molar-refractivity contribution in [3.63, 3.8) is 0 Å². The van der Waals surface area contributed by atoms with Gasteiger partial charge in [0.2, 0.25) is 5.43 Å². The van der Waals surface area contributed by atoms with Gasteiger partial charge < -0.3 is 19.5 Å². The minimum absolute atomic E-state index is 0.183. The Labute approximate surface area is 168 Å². The third kappa shape index (κ3) is 4.45. The number of nitrogens with one attached hydrogen (secondary N) is 1. The monoisotopic (exact) mass is 390 g/mol. The molecule has 0 unspecified atom stereocenters. The van der Waals surface area contributed by atoms with E-state index in [4.69, 9.17) is 4.74 Å². The Hall–Kier alpha value is -3.61. The Bertz CT molecular complexity index is 1010. The van der Waals surface area contributed by atoms with Crippen molar-refractivity contribution >= 4 is 11.7 Å². The van der Waals surface area contributed by atoms with Gasteiger partial charge in [0.25, 0.3) is 5.91 Å². The lowest BCUT2D eigenvalue weighted by molar-refractivity contribution is 0.0740. The van der Waals surface area contributed by atoms with Gasteiger partial charge in [-0.15, -0.1) is 0 Å². The van der Waals surface area contributed by atoms with Crippen LogP contribution < -0.4 is 15.1 Å². The molecule has 3 aromatic rings. The predicted octanol–water partition coefficient (Wildman–Crippen LogP) is 2.31. The zero-order chi connectivity index (χ0) is 20.1. The molecule has 4 rings (SSSR count). The van der Waals surface area contributed by atoms with Crippen LogP contribution in [-0.4, -0.2) is 47.0 Å². The number of ether oxygens (including phenoxy) is 1. The standard InChI is InChI=1S/C22H22N4O3/c27-19-14-18(24-15-20(19)29-16-17-6-2-1-3-7-17)22(28)26-12-10-25(11-13-26)21-8-4-5-9-23-21/h1-9,14-15H,10-13,16H2,(H,24,27). The first kappa shape index (κ1) is 18.7. The highest BCUT2D eigenvalue weighted by Crippen LogP contribution is 2.14. The normalized spacial score (nSPS) is 13.9. The number of carbonyl (C=O) groups is 1. The van der Waals surface area contributed by atoms with Gasteiger partial charge in [0.15, 0.2) is 5.75 Å². The number of carbonyl (C=O) groups excluding carboxylic acids is 1. The third-order valence-corrected chi connectivity index (χ3v) is 4.88. The molecule has 1 aliphatic rings. The second-order valence-electron chi connectivity index (χ2n) is 6.82. The minimum atomic E-state index is -0.310. The van der Waals surface area contributed by atoms with Crippen LogP contribution >= 0.6 is 0 Å². The summed E-state index contributed by atoms with van der Waals surface area (Å²) in [5.41, 5.74) is 0.932. The highest BCUT2D eigenvalue weighted by molar-refractivity contribution is 5.92. The summed E-state index contributed by atoms with van der Waals surface area (Å²) in [7, 11) is 0. The van der Waals surface area contributed by atoms with Crippen LogP contribution in [0, 0.1) is 0 Å². The maximum absolute atomic E-state index is 12.8. The second kappa shape index (κ2) is 8.60. The average molecular weight is 390 g/mol. The molecule has 1 amide bonds. The van der Waals surface area contributed by atoms with Gasteiger partial charge >= 0.3 is 0 Å². The summed E-state index contributed by atoms with van der Waals surface area (Å²) >= 11 is 0. The second-order valence-corrected chi connectivity index (χ2v) is 6.82. The fourth-order valence-corrected chi connectivity index (χ4v) is 3.28. The summed E-state index contributed by atoms with van der Waals surface area (Å²) in [4.78, 5) is 36.3. The lowest BCUT2D eigenvalue weighted by atomic mass is 10.2. The van der Waals surface area contributed by atoms with Crippen LogP contribution in [0.15, 0.2) is 71.8 Å². The fraction of sp³-hybridized carbons (Fsp3) is 0.227. The number of H-pyrrole nitrogens is 1. The highest BCUT2D eigenvalue weighted by Gasteiger charge is 2.23. The van der Waals surface area contributed by atoms with Crippen LogP contribution in [0.2, 0.25) is 0 Å². The Balaban J connectivity index is 1.37. The molecule has 1 fully saturated rings. The van der Waals surface area contributed by atoms with E-state index in [1.165, 1.54) is 12.3 Å². The van der Waals surface area contributed by atoms with Gasteiger partial charge in [-0.05, 0) is 17.7 Å². The van der Waals surface area contributed by atoms with Gasteiger partial charge in [0.05, 0.1) is 0 Å². The Kier molecular flexibility index (Phi) is 5.56. The van der Waals surface area contributed by atoms with Crippen LogP contribution in [0.4, 0.5) is 5.82 Å². The molecule has 0 aliphatic carbocycles. The van der Waals surface area contributed by atoms with Gasteiger partial charge in [-0.3, -0.25) is 9.59 Å². The molecular weight excluding hydrogens is 368 g/mol. The first-order chi connectivity index (χ1) is 14.2. The molecule has 7 heteroatoms. The Morgan fingerprint density at radius 1 is 1.03 bits per heavy atom. The smallest absolute Gasteiger partial charge is 0.270 e. The number of aromatic amines is 1. The van der Waals surface area contributed by atoms with E-state index in [0.717, 1.165) is 11.4 Å². The molecule has 148 valence electrons. The fourth-order valence-electron chi connectivity index (χ4n) is 3.28. The van der Waals surface area contributed by atoms with Gasteiger partial charge in [0, 0.05) is 44.6 Å². The van der Waals surface area contributed by atoms with Crippen LogP contribution in [0.3, 0.4) is 0 Å². The van der Waals surface area contributed by atoms with Crippen molar-refractivity contribution in [2.45, 2.75) is 6.61 Å². The molecule has 1 saturated heterocycles. The van der Waals surface area contributed by atoms with E-state index in [9.17, 15) is 9.59 Å². The van der Waals surface area contributed by atoms with Gasteiger partial charge in [-0.2, -0.15) is 0 Å². The number of anilines is 1. The van der Waals surface area contributed by atoms with Gasteiger partial charge in [-0.1, -0.05) is 36.4 Å². The molecule has 3 heterocycles. The Morgan fingerprint density at radius 2 is 1.79 bits per heavy atom. The molecule has 29 heavy (non-hydrogen) atoms. The number of hydrogen-bond acceptors (Lipinski definition) is 5. The van der Waals surface area contributed by atoms with Crippen molar-refractivity contribution in [3.05, 3.63) is 88.5 Å². The molecule has 2 aromatic heterocycles. The number of aromatic nitrogens is 2. The zero-order valence-electron chi connectivity index (χ0n) is 16.0. The SMILES string of the molecule is O=C(c1cc(=O)c(OCc2ccccc2)c[nH]1)N1CCN(c2ccccn2)CC1. The summed E-state index contributed by atoms with van der Waals surface area (Å²) in [6, 6.07) is 16.7. The molecule has 1 N–H and O–H groups in total. The number of hydrogen-bond donors (Lipinski definition) is 1. The molecular formula is C22H22N4O3. The van der Waals surface area contributed by atoms with E-state index >= 15 is 0 Å². The maximum Gasteiger partial charge on any atom is 0.270 e. The molecule has 7 nitrogen and oxygen atoms in total. The zero-order valence-corrected chi connectivity index (χ0v) is 16.0. The lowest BCUT2D eigenvalue weighted by Crippen LogP contribution is -2.49. The molecule has 1 aliphatic heterocycles. The van der Waals surface area contributed by atoms with Crippen molar-refractivity contribution in [3.8, 4) is 5.75 Å². The van der Waals surface area contributed by atoms with Crippen molar-refractivity contribution < 1.29 is 9.53 Å². The molecule has 0 bridgehead atoms. The van der Waals surface area contributed by atoms with E-state index in [2.05, 4.69) is 14.9 Å². The number of benzene rings is 1. The van der Waals surface area contributed by atoms with Gasteiger partial charge in [0.1, 0.15) is 18.1 Å². The van der Waals surface area contributed by atoms with Crippen LogP contribution in [0.1, 0.15) is 16.1 Å². The molecule has 1 aromatic carbocycles. The van der Waals surface area contributed by atoms with Crippen LogP contribution in [-0.2, 0) is 6.61 Å². The van der Waals surface area contributed by atoms with E-state index in [0.29, 0.717) is 32.8 Å². The van der Waals surface area contributed by atoms with Gasteiger partial charge in [-0.25, -0.2) is 4.98 Å². The summed E-state index contributed by atoms with van der Waals surface area (Å²) in [6.07, 6.45) is 3.22. The topological polar surface area (TPSA) is 78.5 Å². The van der Waals surface area contributed by atoms with Crippen LogP contribution in [0.25, 0.3) is 0 Å². The number of pyridine rings is 2. The van der Waals surface area contributed by atoms with E-state index in [-0.39, 0.29) is 22.8 Å². The summed E-state index contributed by atoms with van der Waals surface area (Å²) in [6.45, 7) is 2.84. The number of nitrogens with zero attached hydrogens (tertiary/aromatic N) is 3. The average Bonchev–Trinajstić information content (AvgIpc) is 2.79. The first-order valence-electron chi connectivity index (χ1n) is 9.55. The summed E-state index contributed by atoms with van der Waals surface area (Å²) in [5, 5.41) is 0. The summed E-state index contributed by atoms with van der Waals surface area (Å²) in [5.74, 6) is 0.927. The Morgan fingerprint density at radius 3 is 2.48 bits per heavy atom. The third-order valence-electron chi connectivity index (χ3n) is 4.88. The van der Waals surface area contributed by atoms with E-state index < -0.39 is 0 Å². The minimum Gasteiger partial charge on any atom is -0.483 e. The molecule has 0 saturated carbocycles. The quantitative estimate of drug-likeness (QED) is 0.723. The number of piperazine rings is 1.